The Bertz CT molecular complexity index is 866. The summed E-state index contributed by atoms with van der Waals surface area (Å²) in [7, 11) is 1.53. The molecule has 0 unspecified atom stereocenters. The zero-order chi connectivity index (χ0) is 21.4. The lowest BCUT2D eigenvalue weighted by atomic mass is 10.1. The summed E-state index contributed by atoms with van der Waals surface area (Å²) in [4.78, 5) is 27.0. The van der Waals surface area contributed by atoms with Crippen molar-refractivity contribution in [2.24, 2.45) is 0 Å². The highest BCUT2D eigenvalue weighted by Gasteiger charge is 2.17. The number of anilines is 1. The molecule has 0 atom stereocenters. The summed E-state index contributed by atoms with van der Waals surface area (Å²) in [6, 6.07) is 10.3. The number of hydrogen-bond acceptors (Lipinski definition) is 4. The van der Waals surface area contributed by atoms with Gasteiger partial charge in [-0.1, -0.05) is 13.0 Å². The largest absolute Gasteiger partial charge is 0.493 e. The first-order valence-corrected chi connectivity index (χ1v) is 10.4. The van der Waals surface area contributed by atoms with Crippen LogP contribution in [0.4, 0.5) is 5.69 Å². The lowest BCUT2D eigenvalue weighted by Gasteiger charge is -2.19. The second-order valence-corrected chi connectivity index (χ2v) is 7.20. The Morgan fingerprint density at radius 2 is 1.79 bits per heavy atom. The Balaban J connectivity index is 2.23. The average Bonchev–Trinajstić information content (AvgIpc) is 2.73. The third-order valence-corrected chi connectivity index (χ3v) is 4.95. The molecule has 29 heavy (non-hydrogen) atoms. The molecular weight excluding hydrogens is 436 g/mol. The first-order chi connectivity index (χ1) is 13.9. The second-order valence-electron chi connectivity index (χ2n) is 6.35. The zero-order valence-electron chi connectivity index (χ0n) is 17.3. The number of amides is 2. The first-order valence-electron chi connectivity index (χ1n) is 9.66. The fourth-order valence-electron chi connectivity index (χ4n) is 2.82. The lowest BCUT2D eigenvalue weighted by Crippen LogP contribution is -2.30. The van der Waals surface area contributed by atoms with E-state index in [0.29, 0.717) is 52.5 Å². The third kappa shape index (κ3) is 5.73. The maximum atomic E-state index is 12.8. The van der Waals surface area contributed by atoms with Crippen molar-refractivity contribution < 1.29 is 19.1 Å². The summed E-state index contributed by atoms with van der Waals surface area (Å²) in [5, 5.41) is 2.84. The molecule has 0 spiro atoms. The second kappa shape index (κ2) is 10.9. The van der Waals surface area contributed by atoms with Crippen LogP contribution in [0.25, 0.3) is 0 Å². The van der Waals surface area contributed by atoms with Gasteiger partial charge in [0.2, 0.25) is 0 Å². The number of hydrogen-bond donors (Lipinski definition) is 1. The maximum Gasteiger partial charge on any atom is 0.255 e. The van der Waals surface area contributed by atoms with Crippen LogP contribution in [0.15, 0.2) is 40.9 Å². The minimum Gasteiger partial charge on any atom is -0.493 e. The van der Waals surface area contributed by atoms with E-state index in [0.717, 1.165) is 6.42 Å². The van der Waals surface area contributed by atoms with Crippen molar-refractivity contribution in [2.75, 3.05) is 32.1 Å². The van der Waals surface area contributed by atoms with E-state index in [4.69, 9.17) is 9.47 Å². The number of methoxy groups -OCH3 is 1. The van der Waals surface area contributed by atoms with Gasteiger partial charge in [0.25, 0.3) is 11.8 Å². The van der Waals surface area contributed by atoms with E-state index in [1.165, 1.54) is 7.11 Å². The van der Waals surface area contributed by atoms with Gasteiger partial charge in [0.05, 0.1) is 18.2 Å². The highest BCUT2D eigenvalue weighted by Crippen LogP contribution is 2.37. The van der Waals surface area contributed by atoms with E-state index < -0.39 is 0 Å². The number of halogens is 1. The molecule has 0 aliphatic carbocycles. The highest BCUT2D eigenvalue weighted by atomic mass is 79.9. The van der Waals surface area contributed by atoms with E-state index in [1.807, 2.05) is 20.8 Å². The van der Waals surface area contributed by atoms with Crippen LogP contribution in [0.3, 0.4) is 0 Å². The fraction of sp³-hybridized carbons (Fsp3) is 0.364. The molecule has 2 aromatic rings. The van der Waals surface area contributed by atoms with Gasteiger partial charge in [-0.2, -0.15) is 0 Å². The molecule has 7 heteroatoms. The minimum atomic E-state index is -0.307. The topological polar surface area (TPSA) is 67.9 Å². The zero-order valence-corrected chi connectivity index (χ0v) is 18.8. The van der Waals surface area contributed by atoms with Gasteiger partial charge in [-0.15, -0.1) is 0 Å². The Morgan fingerprint density at radius 3 is 2.41 bits per heavy atom. The molecule has 0 bridgehead atoms. The maximum absolute atomic E-state index is 12.8. The van der Waals surface area contributed by atoms with Crippen LogP contribution in [0.5, 0.6) is 11.5 Å². The molecule has 156 valence electrons. The van der Waals surface area contributed by atoms with E-state index in [9.17, 15) is 9.59 Å². The van der Waals surface area contributed by atoms with E-state index in [1.54, 1.807) is 41.3 Å². The molecule has 0 heterocycles. The van der Waals surface area contributed by atoms with Crippen molar-refractivity contribution in [3.8, 4) is 11.5 Å². The smallest absolute Gasteiger partial charge is 0.255 e. The van der Waals surface area contributed by atoms with Crippen LogP contribution in [-0.2, 0) is 0 Å². The molecule has 1 N–H and O–H groups in total. The number of carbonyl (C=O) groups excluding carboxylic acids is 2. The summed E-state index contributed by atoms with van der Waals surface area (Å²) in [5.41, 5.74) is 1.50. The van der Waals surface area contributed by atoms with Crippen molar-refractivity contribution in [1.82, 2.24) is 4.90 Å². The highest BCUT2D eigenvalue weighted by molar-refractivity contribution is 9.10. The van der Waals surface area contributed by atoms with Gasteiger partial charge < -0.3 is 19.7 Å². The molecule has 0 aliphatic heterocycles. The Labute approximate surface area is 180 Å². The summed E-state index contributed by atoms with van der Waals surface area (Å²) in [5.74, 6) is 0.674. The molecule has 2 rings (SSSR count). The molecule has 2 aromatic carbocycles. The van der Waals surface area contributed by atoms with Crippen molar-refractivity contribution in [1.29, 1.82) is 0 Å². The average molecular weight is 463 g/mol. The van der Waals surface area contributed by atoms with E-state index in [2.05, 4.69) is 21.2 Å². The molecule has 6 nitrogen and oxygen atoms in total. The summed E-state index contributed by atoms with van der Waals surface area (Å²) < 4.78 is 11.7. The van der Waals surface area contributed by atoms with Gasteiger partial charge >= 0.3 is 0 Å². The molecular formula is C22H27BrN2O4. The monoisotopic (exact) mass is 462 g/mol. The Morgan fingerprint density at radius 1 is 1.07 bits per heavy atom. The van der Waals surface area contributed by atoms with E-state index >= 15 is 0 Å². The van der Waals surface area contributed by atoms with Crippen LogP contribution in [0.2, 0.25) is 0 Å². The molecule has 0 saturated heterocycles. The van der Waals surface area contributed by atoms with Crippen LogP contribution < -0.4 is 14.8 Å². The number of benzene rings is 2. The molecule has 0 radical (unpaired) electrons. The molecule has 0 aromatic heterocycles. The fourth-order valence-corrected chi connectivity index (χ4v) is 3.38. The standard InChI is InChI=1S/C22H27BrN2O4/c1-5-11-29-20-18(23)13-16(14-19(20)28-4)21(26)24-17-10-8-9-15(12-17)22(27)25(6-2)7-3/h8-10,12-14H,5-7,11H2,1-4H3,(H,24,26). The first kappa shape index (κ1) is 22.7. The van der Waals surface area contributed by atoms with Crippen molar-refractivity contribution in [3.05, 3.63) is 52.0 Å². The number of rotatable bonds is 9. The van der Waals surface area contributed by atoms with Gasteiger partial charge in [-0.25, -0.2) is 0 Å². The van der Waals surface area contributed by atoms with Crippen LogP contribution in [0.1, 0.15) is 47.9 Å². The van der Waals surface area contributed by atoms with Crippen molar-refractivity contribution in [3.63, 3.8) is 0 Å². The quantitative estimate of drug-likeness (QED) is 0.570. The van der Waals surface area contributed by atoms with Gasteiger partial charge in [0, 0.05) is 29.9 Å². The van der Waals surface area contributed by atoms with Crippen LogP contribution in [-0.4, -0.2) is 43.5 Å². The normalized spacial score (nSPS) is 10.4. The Kier molecular flexibility index (Phi) is 8.51. The molecule has 0 aliphatic rings. The summed E-state index contributed by atoms with van der Waals surface area (Å²) in [6.07, 6.45) is 0.861. The predicted octanol–water partition coefficient (Wildman–Crippen LogP) is 4.98. The van der Waals surface area contributed by atoms with E-state index in [-0.39, 0.29) is 11.8 Å². The molecule has 2 amide bonds. The van der Waals surface area contributed by atoms with Gasteiger partial charge in [-0.3, -0.25) is 9.59 Å². The molecule has 0 fully saturated rings. The Hall–Kier alpha value is -2.54. The third-order valence-electron chi connectivity index (χ3n) is 4.36. The lowest BCUT2D eigenvalue weighted by molar-refractivity contribution is 0.0772. The van der Waals surface area contributed by atoms with Crippen molar-refractivity contribution >= 4 is 33.4 Å². The van der Waals surface area contributed by atoms with Crippen molar-refractivity contribution in [2.45, 2.75) is 27.2 Å². The van der Waals surface area contributed by atoms with Gasteiger partial charge in [-0.05, 0) is 66.5 Å². The summed E-state index contributed by atoms with van der Waals surface area (Å²) >= 11 is 3.45. The van der Waals surface area contributed by atoms with Crippen LogP contribution in [0, 0.1) is 0 Å². The van der Waals surface area contributed by atoms with Gasteiger partial charge in [0.15, 0.2) is 11.5 Å². The SMILES string of the molecule is CCCOc1c(Br)cc(C(=O)Nc2cccc(C(=O)N(CC)CC)c2)cc1OC. The predicted molar refractivity (Wildman–Crippen MR) is 118 cm³/mol. The summed E-state index contributed by atoms with van der Waals surface area (Å²) in [6.45, 7) is 7.70. The number of carbonyl (C=O) groups is 2. The molecule has 0 saturated carbocycles. The van der Waals surface area contributed by atoms with Crippen LogP contribution >= 0.6 is 15.9 Å². The minimum absolute atomic E-state index is 0.0621. The number of nitrogens with zero attached hydrogens (tertiary/aromatic N) is 1. The van der Waals surface area contributed by atoms with Gasteiger partial charge in [0.1, 0.15) is 0 Å². The number of ether oxygens (including phenoxy) is 2. The number of nitrogens with one attached hydrogen (secondary N) is 1.